The van der Waals surface area contributed by atoms with Crippen LogP contribution in [0.1, 0.15) is 26.2 Å². The van der Waals surface area contributed by atoms with E-state index in [1.54, 1.807) is 0 Å². The van der Waals surface area contributed by atoms with Crippen LogP contribution in [0, 0.1) is 0 Å². The molecule has 1 aliphatic heterocycles. The summed E-state index contributed by atoms with van der Waals surface area (Å²) in [5.74, 6) is 0.361. The molecule has 1 fully saturated rings. The van der Waals surface area contributed by atoms with Gasteiger partial charge in [-0.25, -0.2) is 0 Å². The quantitative estimate of drug-likeness (QED) is 0.487. The second-order valence-electron chi connectivity index (χ2n) is 5.88. The van der Waals surface area contributed by atoms with Crippen LogP contribution < -0.4 is 16.4 Å². The molecule has 132 valence electrons. The smallest absolute Gasteiger partial charge is 0.226 e. The lowest BCUT2D eigenvalue weighted by atomic mass is 10.2. The number of hydrogen-bond donors (Lipinski definition) is 3. The first-order valence-electron chi connectivity index (χ1n) is 8.41. The maximum Gasteiger partial charge on any atom is 0.226 e. The van der Waals surface area contributed by atoms with Gasteiger partial charge in [0.25, 0.3) is 0 Å². The number of amides is 1. The van der Waals surface area contributed by atoms with Crippen molar-refractivity contribution in [2.45, 2.75) is 32.2 Å². The Hall–Kier alpha value is -1.60. The lowest BCUT2D eigenvalue weighted by Gasteiger charge is -2.20. The zero-order valence-corrected chi connectivity index (χ0v) is 15.7. The molecule has 6 nitrogen and oxygen atoms in total. The predicted octanol–water partition coefficient (Wildman–Crippen LogP) is 2.17. The van der Waals surface area contributed by atoms with Gasteiger partial charge in [0.15, 0.2) is 5.96 Å². The first-order valence-corrected chi connectivity index (χ1v) is 9.21. The van der Waals surface area contributed by atoms with E-state index < -0.39 is 0 Å². The number of hydrogen-bond acceptors (Lipinski definition) is 3. The molecule has 0 aliphatic carbocycles. The van der Waals surface area contributed by atoms with Crippen LogP contribution >= 0.6 is 15.9 Å². The molecule has 7 heteroatoms. The summed E-state index contributed by atoms with van der Waals surface area (Å²) in [6.07, 6.45) is 2.76. The lowest BCUT2D eigenvalue weighted by Crippen LogP contribution is -2.36. The Morgan fingerprint density at radius 1 is 1.42 bits per heavy atom. The molecular weight excluding hydrogens is 370 g/mol. The minimum Gasteiger partial charge on any atom is -0.370 e. The Kier molecular flexibility index (Phi) is 7.52. The maximum absolute atomic E-state index is 11.9. The molecule has 1 aromatic carbocycles. The van der Waals surface area contributed by atoms with Crippen molar-refractivity contribution in [3.8, 4) is 0 Å². The number of benzene rings is 1. The minimum atomic E-state index is -0.0504. The lowest BCUT2D eigenvalue weighted by molar-refractivity contribution is -0.116. The summed E-state index contributed by atoms with van der Waals surface area (Å²) in [4.78, 5) is 18.7. The first kappa shape index (κ1) is 18.7. The van der Waals surface area contributed by atoms with Crippen molar-refractivity contribution in [2.24, 2.45) is 10.7 Å². The average Bonchev–Trinajstić information content (AvgIpc) is 3.02. The van der Waals surface area contributed by atoms with Crippen molar-refractivity contribution >= 4 is 33.5 Å². The van der Waals surface area contributed by atoms with Crippen molar-refractivity contribution in [3.05, 3.63) is 28.7 Å². The Labute approximate surface area is 152 Å². The summed E-state index contributed by atoms with van der Waals surface area (Å²) < 4.78 is 0.982. The molecule has 1 aliphatic rings. The summed E-state index contributed by atoms with van der Waals surface area (Å²) in [7, 11) is 0. The van der Waals surface area contributed by atoms with E-state index in [1.807, 2.05) is 24.3 Å². The number of anilines is 1. The molecule has 0 saturated carbocycles. The van der Waals surface area contributed by atoms with Gasteiger partial charge in [-0.3, -0.25) is 14.7 Å². The van der Waals surface area contributed by atoms with Gasteiger partial charge in [-0.15, -0.1) is 0 Å². The number of guanidine groups is 1. The maximum atomic E-state index is 11.9. The number of carbonyl (C=O) groups excluding carboxylic acids is 1. The molecule has 1 saturated heterocycles. The van der Waals surface area contributed by atoms with E-state index in [0.717, 1.165) is 29.8 Å². The van der Waals surface area contributed by atoms with E-state index in [0.29, 0.717) is 25.0 Å². The van der Waals surface area contributed by atoms with E-state index in [2.05, 4.69) is 43.4 Å². The normalized spacial score (nSPS) is 18.6. The number of nitrogens with zero attached hydrogens (tertiary/aromatic N) is 2. The van der Waals surface area contributed by atoms with E-state index in [-0.39, 0.29) is 5.91 Å². The van der Waals surface area contributed by atoms with Gasteiger partial charge in [-0.2, -0.15) is 0 Å². The number of likely N-dealkylation sites (tertiary alicyclic amines) is 1. The second-order valence-corrected chi connectivity index (χ2v) is 6.80. The molecule has 1 atom stereocenters. The Morgan fingerprint density at radius 3 is 2.88 bits per heavy atom. The van der Waals surface area contributed by atoms with Crippen LogP contribution in [-0.4, -0.2) is 49.0 Å². The minimum absolute atomic E-state index is 0.0504. The monoisotopic (exact) mass is 395 g/mol. The molecule has 1 heterocycles. The van der Waals surface area contributed by atoms with E-state index in [1.165, 1.54) is 12.8 Å². The molecule has 4 N–H and O–H groups in total. The highest BCUT2D eigenvalue weighted by molar-refractivity contribution is 9.10. The molecule has 24 heavy (non-hydrogen) atoms. The van der Waals surface area contributed by atoms with Gasteiger partial charge in [0.05, 0.1) is 6.54 Å². The predicted molar refractivity (Wildman–Crippen MR) is 102 cm³/mol. The number of halogens is 1. The molecule has 1 unspecified atom stereocenters. The Bertz CT molecular complexity index is 561. The summed E-state index contributed by atoms with van der Waals surface area (Å²) in [5.41, 5.74) is 6.66. The van der Waals surface area contributed by atoms with Crippen LogP contribution in [0.15, 0.2) is 33.7 Å². The third kappa shape index (κ3) is 6.13. The van der Waals surface area contributed by atoms with Crippen molar-refractivity contribution in [3.63, 3.8) is 0 Å². The number of nitrogens with two attached hydrogens (primary N) is 1. The fourth-order valence-electron chi connectivity index (χ4n) is 2.84. The second kappa shape index (κ2) is 9.64. The van der Waals surface area contributed by atoms with E-state index >= 15 is 0 Å². The summed E-state index contributed by atoms with van der Waals surface area (Å²) >= 11 is 3.36. The van der Waals surface area contributed by atoms with Gasteiger partial charge in [-0.1, -0.05) is 22.9 Å². The highest BCUT2D eigenvalue weighted by atomic mass is 79.9. The number of rotatable bonds is 7. The molecule has 0 aromatic heterocycles. The number of aliphatic imine (C=N–C) groups is 1. The molecule has 0 spiro atoms. The standard InChI is InChI=1S/C17H26BrN5O/c1-2-23-11-3-4-15(23)12-21-17(19)20-10-9-16(24)22-14-7-5-13(18)6-8-14/h5-8,15H,2-4,9-12H2,1H3,(H,22,24)(H3,19,20,21). The fraction of sp³-hybridized carbons (Fsp3) is 0.529. The van der Waals surface area contributed by atoms with Crippen LogP contribution in [0.5, 0.6) is 0 Å². The third-order valence-electron chi connectivity index (χ3n) is 4.16. The van der Waals surface area contributed by atoms with E-state index in [9.17, 15) is 4.79 Å². The molecular formula is C17H26BrN5O. The van der Waals surface area contributed by atoms with Crippen molar-refractivity contribution in [1.82, 2.24) is 10.2 Å². The van der Waals surface area contributed by atoms with Crippen LogP contribution in [0.3, 0.4) is 0 Å². The number of carbonyl (C=O) groups is 1. The molecule has 1 aromatic rings. The SMILES string of the molecule is CCN1CCCC1CN=C(N)NCCC(=O)Nc1ccc(Br)cc1. The first-order chi connectivity index (χ1) is 11.6. The van der Waals surface area contributed by atoms with Crippen LogP contribution in [0.2, 0.25) is 0 Å². The van der Waals surface area contributed by atoms with Crippen molar-refractivity contribution < 1.29 is 4.79 Å². The van der Waals surface area contributed by atoms with E-state index in [4.69, 9.17) is 5.73 Å². The van der Waals surface area contributed by atoms with Crippen molar-refractivity contribution in [2.75, 3.05) is 31.5 Å². The summed E-state index contributed by atoms with van der Waals surface area (Å²) in [6.45, 7) is 5.58. The van der Waals surface area contributed by atoms with Crippen LogP contribution in [0.25, 0.3) is 0 Å². The molecule has 2 rings (SSSR count). The molecule has 1 amide bonds. The largest absolute Gasteiger partial charge is 0.370 e. The average molecular weight is 396 g/mol. The van der Waals surface area contributed by atoms with Crippen LogP contribution in [-0.2, 0) is 4.79 Å². The van der Waals surface area contributed by atoms with Gasteiger partial charge in [0, 0.05) is 29.2 Å². The zero-order chi connectivity index (χ0) is 17.4. The van der Waals surface area contributed by atoms with Gasteiger partial charge in [0.2, 0.25) is 5.91 Å². The van der Waals surface area contributed by atoms with Gasteiger partial charge in [-0.05, 0) is 50.2 Å². The number of likely N-dealkylation sites (N-methyl/N-ethyl adjacent to an activating group) is 1. The van der Waals surface area contributed by atoms with Gasteiger partial charge in [0.1, 0.15) is 0 Å². The summed E-state index contributed by atoms with van der Waals surface area (Å²) in [5, 5.41) is 5.85. The zero-order valence-electron chi connectivity index (χ0n) is 14.1. The van der Waals surface area contributed by atoms with Crippen LogP contribution in [0.4, 0.5) is 5.69 Å². The topological polar surface area (TPSA) is 82.8 Å². The third-order valence-corrected chi connectivity index (χ3v) is 4.69. The highest BCUT2D eigenvalue weighted by Crippen LogP contribution is 2.16. The molecule has 0 bridgehead atoms. The Morgan fingerprint density at radius 2 is 2.17 bits per heavy atom. The van der Waals surface area contributed by atoms with Gasteiger partial charge < -0.3 is 16.4 Å². The molecule has 0 radical (unpaired) electrons. The van der Waals surface area contributed by atoms with Crippen molar-refractivity contribution in [1.29, 1.82) is 0 Å². The Balaban J connectivity index is 1.66. The number of nitrogens with one attached hydrogen (secondary N) is 2. The summed E-state index contributed by atoms with van der Waals surface area (Å²) in [6, 6.07) is 7.98. The highest BCUT2D eigenvalue weighted by Gasteiger charge is 2.22. The van der Waals surface area contributed by atoms with Gasteiger partial charge >= 0.3 is 0 Å². The fourth-order valence-corrected chi connectivity index (χ4v) is 3.10.